The summed E-state index contributed by atoms with van der Waals surface area (Å²) in [5.74, 6) is -0.197. The summed E-state index contributed by atoms with van der Waals surface area (Å²) in [4.78, 5) is 11.4. The Hall–Kier alpha value is -3.87. The molecule has 10 heteroatoms. The molecular weight excluding hydrogens is 383 g/mol. The summed E-state index contributed by atoms with van der Waals surface area (Å²) in [6.45, 7) is 1.87. The van der Waals surface area contributed by atoms with Gasteiger partial charge in [-0.15, -0.1) is 0 Å². The maximum atomic E-state index is 13.3. The average Bonchev–Trinajstić information content (AvgIpc) is 3.24. The Morgan fingerprint density at radius 3 is 2.72 bits per heavy atom. The minimum atomic E-state index is -4.57. The first-order valence-corrected chi connectivity index (χ1v) is 8.48. The molecule has 7 nitrogen and oxygen atoms in total. The Morgan fingerprint density at radius 2 is 2.03 bits per heavy atom. The van der Waals surface area contributed by atoms with Crippen LogP contribution in [0.4, 0.5) is 24.8 Å². The van der Waals surface area contributed by atoms with E-state index in [9.17, 15) is 18.4 Å². The zero-order chi connectivity index (χ0) is 20.8. The Bertz CT molecular complexity index is 1260. The van der Waals surface area contributed by atoms with E-state index >= 15 is 0 Å². The smallest absolute Gasteiger partial charge is 0.345 e. The first-order valence-electron chi connectivity index (χ1n) is 8.48. The van der Waals surface area contributed by atoms with Crippen LogP contribution < -0.4 is 5.32 Å². The number of nitrogens with one attached hydrogen (secondary N) is 2. The number of nitrogens with zero attached hydrogens (tertiary/aromatic N) is 5. The number of anilines is 2. The van der Waals surface area contributed by atoms with Crippen LogP contribution >= 0.6 is 0 Å². The summed E-state index contributed by atoms with van der Waals surface area (Å²) in [6.07, 6.45) is 1.16. The fourth-order valence-corrected chi connectivity index (χ4v) is 3.13. The molecule has 0 spiro atoms. The molecule has 0 radical (unpaired) electrons. The van der Waals surface area contributed by atoms with Gasteiger partial charge in [-0.05, 0) is 30.2 Å². The number of aryl methyl sites for hydroxylation is 2. The number of pyridine rings is 2. The molecule has 146 valence electrons. The number of H-pyrrole nitrogens is 1. The largest absolute Gasteiger partial charge is 0.421 e. The van der Waals surface area contributed by atoms with E-state index in [4.69, 9.17) is 0 Å². The van der Waals surface area contributed by atoms with E-state index in [-0.39, 0.29) is 11.6 Å². The lowest BCUT2D eigenvalue weighted by Crippen LogP contribution is -2.07. The van der Waals surface area contributed by atoms with Gasteiger partial charge in [-0.25, -0.2) is 4.98 Å². The fraction of sp³-hybridized carbons (Fsp3) is 0.158. The fourth-order valence-electron chi connectivity index (χ4n) is 3.13. The second-order valence-corrected chi connectivity index (χ2v) is 6.53. The summed E-state index contributed by atoms with van der Waals surface area (Å²) in [6, 6.07) is 5.56. The Balaban J connectivity index is 1.89. The van der Waals surface area contributed by atoms with Crippen molar-refractivity contribution in [2.45, 2.75) is 13.1 Å². The maximum absolute atomic E-state index is 13.3. The average molecular weight is 397 g/mol. The highest BCUT2D eigenvalue weighted by molar-refractivity contribution is 5.98. The third-order valence-electron chi connectivity index (χ3n) is 4.33. The van der Waals surface area contributed by atoms with E-state index in [0.717, 1.165) is 16.4 Å². The molecule has 0 saturated heterocycles. The van der Waals surface area contributed by atoms with Crippen LogP contribution in [0.15, 0.2) is 36.9 Å². The number of aromatic amines is 1. The summed E-state index contributed by atoms with van der Waals surface area (Å²) < 4.78 is 41.0. The van der Waals surface area contributed by atoms with E-state index < -0.39 is 11.7 Å². The van der Waals surface area contributed by atoms with Crippen LogP contribution in [-0.2, 0) is 13.2 Å². The molecular formula is C19H14F3N7. The lowest BCUT2D eigenvalue weighted by Gasteiger charge is -2.11. The number of hydrogen-bond donors (Lipinski definition) is 2. The highest BCUT2D eigenvalue weighted by Crippen LogP contribution is 2.37. The predicted molar refractivity (Wildman–Crippen MR) is 100 cm³/mol. The Labute approximate surface area is 162 Å². The quantitative estimate of drug-likeness (QED) is 0.537. The standard InChI is InChI=1S/C19H14F3N7/c1-10-3-11(7-24-6-10)13-4-15(27-18-16(13)12(5-23)8-25-18)26-17-14(19(20,21)22)9-29(2)28-17/h3-4,6-9H,1-2H3,(H2,25,26,27,28). The summed E-state index contributed by atoms with van der Waals surface area (Å²) >= 11 is 0. The molecule has 4 rings (SSSR count). The van der Waals surface area contributed by atoms with Crippen molar-refractivity contribution in [1.29, 1.82) is 5.26 Å². The van der Waals surface area contributed by atoms with Crippen molar-refractivity contribution in [2.75, 3.05) is 5.32 Å². The maximum Gasteiger partial charge on any atom is 0.421 e. The van der Waals surface area contributed by atoms with Gasteiger partial charge in [0.25, 0.3) is 0 Å². The molecule has 0 bridgehead atoms. The monoisotopic (exact) mass is 397 g/mol. The van der Waals surface area contributed by atoms with Crippen LogP contribution in [0, 0.1) is 18.3 Å². The predicted octanol–water partition coefficient (Wildman–Crippen LogP) is 4.30. The number of hydrogen-bond acceptors (Lipinski definition) is 5. The number of aromatic nitrogens is 5. The van der Waals surface area contributed by atoms with Crippen LogP contribution in [0.3, 0.4) is 0 Å². The number of rotatable bonds is 3. The van der Waals surface area contributed by atoms with Crippen LogP contribution in [-0.4, -0.2) is 24.7 Å². The zero-order valence-corrected chi connectivity index (χ0v) is 15.3. The van der Waals surface area contributed by atoms with Gasteiger partial charge in [-0.1, -0.05) is 0 Å². The molecule has 4 aromatic rings. The van der Waals surface area contributed by atoms with Crippen molar-refractivity contribution in [3.05, 3.63) is 53.6 Å². The van der Waals surface area contributed by atoms with E-state index in [2.05, 4.69) is 31.4 Å². The lowest BCUT2D eigenvalue weighted by atomic mass is 10.0. The van der Waals surface area contributed by atoms with Crippen LogP contribution in [0.1, 0.15) is 16.7 Å². The first kappa shape index (κ1) is 18.5. The molecule has 0 aliphatic rings. The molecule has 4 aromatic heterocycles. The Morgan fingerprint density at radius 1 is 1.24 bits per heavy atom. The van der Waals surface area contributed by atoms with Crippen molar-refractivity contribution in [3.63, 3.8) is 0 Å². The van der Waals surface area contributed by atoms with Gasteiger partial charge < -0.3 is 10.3 Å². The van der Waals surface area contributed by atoms with Gasteiger partial charge in [-0.3, -0.25) is 9.67 Å². The number of nitriles is 1. The van der Waals surface area contributed by atoms with Gasteiger partial charge in [0.15, 0.2) is 5.82 Å². The Kier molecular flexibility index (Phi) is 4.23. The highest BCUT2D eigenvalue weighted by atomic mass is 19.4. The van der Waals surface area contributed by atoms with Crippen molar-refractivity contribution >= 4 is 22.7 Å². The van der Waals surface area contributed by atoms with E-state index in [0.29, 0.717) is 27.7 Å². The topological polar surface area (TPSA) is 95.2 Å². The number of fused-ring (bicyclic) bond motifs is 1. The van der Waals surface area contributed by atoms with Crippen LogP contribution in [0.2, 0.25) is 0 Å². The summed E-state index contributed by atoms with van der Waals surface area (Å²) in [5.41, 5.74) is 2.09. The number of halogens is 3. The molecule has 0 amide bonds. The van der Waals surface area contributed by atoms with Crippen LogP contribution in [0.5, 0.6) is 0 Å². The molecule has 0 aliphatic carbocycles. The second kappa shape index (κ2) is 6.63. The second-order valence-electron chi connectivity index (χ2n) is 6.53. The zero-order valence-electron chi connectivity index (χ0n) is 15.3. The van der Waals surface area contributed by atoms with Gasteiger partial charge in [0.1, 0.15) is 23.1 Å². The van der Waals surface area contributed by atoms with Crippen molar-refractivity contribution in [2.24, 2.45) is 7.05 Å². The normalized spacial score (nSPS) is 11.6. The van der Waals surface area contributed by atoms with Gasteiger partial charge in [0, 0.05) is 42.8 Å². The van der Waals surface area contributed by atoms with E-state index in [1.165, 1.54) is 13.2 Å². The lowest BCUT2D eigenvalue weighted by molar-refractivity contribution is -0.137. The molecule has 0 fully saturated rings. The van der Waals surface area contributed by atoms with Gasteiger partial charge >= 0.3 is 6.18 Å². The van der Waals surface area contributed by atoms with Crippen molar-refractivity contribution in [1.82, 2.24) is 24.7 Å². The minimum Gasteiger partial charge on any atom is -0.345 e. The first-order chi connectivity index (χ1) is 13.8. The van der Waals surface area contributed by atoms with Crippen molar-refractivity contribution in [3.8, 4) is 17.2 Å². The third kappa shape index (κ3) is 3.38. The summed E-state index contributed by atoms with van der Waals surface area (Å²) in [7, 11) is 1.41. The molecule has 2 N–H and O–H groups in total. The molecule has 0 atom stereocenters. The molecule has 4 heterocycles. The van der Waals surface area contributed by atoms with Crippen molar-refractivity contribution < 1.29 is 13.2 Å². The van der Waals surface area contributed by atoms with Gasteiger partial charge in [0.2, 0.25) is 0 Å². The van der Waals surface area contributed by atoms with Crippen LogP contribution in [0.25, 0.3) is 22.2 Å². The molecule has 29 heavy (non-hydrogen) atoms. The highest BCUT2D eigenvalue weighted by Gasteiger charge is 2.36. The van der Waals surface area contributed by atoms with Gasteiger partial charge in [-0.2, -0.15) is 23.5 Å². The number of alkyl halides is 3. The summed E-state index contributed by atoms with van der Waals surface area (Å²) in [5, 5.41) is 16.5. The van der Waals surface area contributed by atoms with E-state index in [1.54, 1.807) is 18.5 Å². The molecule has 0 aliphatic heterocycles. The molecule has 0 saturated carbocycles. The molecule has 0 aromatic carbocycles. The van der Waals surface area contributed by atoms with E-state index in [1.807, 2.05) is 13.0 Å². The molecule has 0 unspecified atom stereocenters. The third-order valence-corrected chi connectivity index (χ3v) is 4.33. The SMILES string of the molecule is Cc1cncc(-c2cc(Nc3nn(C)cc3C(F)(F)F)nc3[nH]cc(C#N)c23)c1. The minimum absolute atomic E-state index is 0.157. The van der Waals surface area contributed by atoms with Gasteiger partial charge in [0.05, 0.1) is 5.56 Å².